The van der Waals surface area contributed by atoms with Crippen molar-refractivity contribution in [3.8, 4) is 6.07 Å². The molecule has 0 aliphatic heterocycles. The van der Waals surface area contributed by atoms with Gasteiger partial charge in [-0.15, -0.1) is 5.10 Å². The molecule has 2 aromatic rings. The van der Waals surface area contributed by atoms with Crippen LogP contribution >= 0.6 is 10.2 Å². The molecule has 0 aliphatic carbocycles. The molecule has 1 heterocycles. The number of rotatable bonds is 3. The fraction of sp³-hybridized carbons (Fsp3) is 0. The van der Waals surface area contributed by atoms with Gasteiger partial charge in [0.15, 0.2) is 0 Å². The minimum atomic E-state index is -9.99. The predicted molar refractivity (Wildman–Crippen MR) is 66.6 cm³/mol. The Bertz CT molecular complexity index is 746. The largest absolute Gasteiger partial charge is 0.368 e. The molecule has 12 heteroatoms. The lowest BCUT2D eigenvalue weighted by molar-refractivity contribution is 0.363. The zero-order chi connectivity index (χ0) is 16.0. The molecular weight excluding hydrogens is 319 g/mol. The van der Waals surface area contributed by atoms with Crippen LogP contribution in [0.3, 0.4) is 0 Å². The topological polar surface area (TPSA) is 103 Å². The van der Waals surface area contributed by atoms with Gasteiger partial charge in [0.1, 0.15) is 11.0 Å². The number of hydrogen-bond acceptors (Lipinski definition) is 5. The number of nitriles is 1. The SMILES string of the molecule is N#Cc1ccc(Nc2n[nH]c(N)n2)cc1S(F)(F)(F)(F)F. The summed E-state index contributed by atoms with van der Waals surface area (Å²) in [4.78, 5) is 1.28. The highest BCUT2D eigenvalue weighted by atomic mass is 32.5. The van der Waals surface area contributed by atoms with Crippen molar-refractivity contribution in [1.29, 1.82) is 5.26 Å². The average Bonchev–Trinajstić information content (AvgIpc) is 2.72. The number of halogens is 5. The molecule has 114 valence electrons. The summed E-state index contributed by atoms with van der Waals surface area (Å²) < 4.78 is 64.4. The minimum absolute atomic E-state index is 0.112. The van der Waals surface area contributed by atoms with Gasteiger partial charge in [0.2, 0.25) is 11.9 Å². The van der Waals surface area contributed by atoms with Crippen LogP contribution in [0, 0.1) is 11.3 Å². The fourth-order valence-electron chi connectivity index (χ4n) is 1.47. The molecule has 1 aromatic carbocycles. The molecular formula is C9H7F5N6S. The molecule has 0 amide bonds. The second kappa shape index (κ2) is 3.76. The Kier molecular flexibility index (Phi) is 2.66. The monoisotopic (exact) mass is 326 g/mol. The molecule has 1 aromatic heterocycles. The Balaban J connectivity index is 2.52. The van der Waals surface area contributed by atoms with Gasteiger partial charge < -0.3 is 11.1 Å². The first kappa shape index (κ1) is 14.9. The van der Waals surface area contributed by atoms with Crippen LogP contribution in [0.15, 0.2) is 23.1 Å². The number of aromatic nitrogens is 3. The van der Waals surface area contributed by atoms with E-state index in [1.165, 1.54) is 0 Å². The molecule has 0 fully saturated rings. The highest BCUT2D eigenvalue weighted by Crippen LogP contribution is 3.02. The molecule has 0 atom stereocenters. The summed E-state index contributed by atoms with van der Waals surface area (Å²) in [6.45, 7) is 0. The van der Waals surface area contributed by atoms with E-state index in [2.05, 4.69) is 20.5 Å². The number of anilines is 3. The van der Waals surface area contributed by atoms with E-state index in [1.807, 2.05) is 0 Å². The standard InChI is InChI=1S/C9H7F5N6S/c10-21(11,12,13,14)7-3-6(2-1-5(7)4-15)17-9-18-8(16)19-20-9/h1-3H,(H4,16,17,18,19,20). The van der Waals surface area contributed by atoms with Crippen LogP contribution in [0.1, 0.15) is 5.56 Å². The summed E-state index contributed by atoms with van der Waals surface area (Å²) in [5, 5.41) is 16.5. The first-order valence-corrected chi connectivity index (χ1v) is 7.07. The van der Waals surface area contributed by atoms with E-state index in [4.69, 9.17) is 11.0 Å². The fourth-order valence-corrected chi connectivity index (χ4v) is 2.35. The second-order valence-corrected chi connectivity index (χ2v) is 6.34. The molecule has 0 aliphatic rings. The van der Waals surface area contributed by atoms with Crippen LogP contribution in [0.25, 0.3) is 0 Å². The van der Waals surface area contributed by atoms with Gasteiger partial charge in [-0.2, -0.15) is 10.2 Å². The lowest BCUT2D eigenvalue weighted by atomic mass is 10.2. The number of H-pyrrole nitrogens is 1. The van der Waals surface area contributed by atoms with Crippen LogP contribution in [0.5, 0.6) is 0 Å². The van der Waals surface area contributed by atoms with Gasteiger partial charge in [-0.25, -0.2) is 5.10 Å². The van der Waals surface area contributed by atoms with Crippen molar-refractivity contribution in [3.63, 3.8) is 0 Å². The van der Waals surface area contributed by atoms with Crippen LogP contribution in [0.2, 0.25) is 0 Å². The molecule has 6 nitrogen and oxygen atoms in total. The average molecular weight is 326 g/mol. The maximum Gasteiger partial charge on any atom is 0.311 e. The summed E-state index contributed by atoms with van der Waals surface area (Å²) in [6, 6.07) is 2.87. The van der Waals surface area contributed by atoms with Gasteiger partial charge in [0, 0.05) is 5.69 Å². The summed E-state index contributed by atoms with van der Waals surface area (Å²) >= 11 is 0. The Morgan fingerprint density at radius 2 is 1.90 bits per heavy atom. The molecule has 0 unspecified atom stereocenters. The summed E-state index contributed by atoms with van der Waals surface area (Å²) in [6.07, 6.45) is 0. The number of nitrogen functional groups attached to an aromatic ring is 1. The molecule has 21 heavy (non-hydrogen) atoms. The van der Waals surface area contributed by atoms with E-state index < -0.39 is 20.7 Å². The predicted octanol–water partition coefficient (Wildman–Crippen LogP) is 3.66. The van der Waals surface area contributed by atoms with Crippen LogP contribution in [0.4, 0.5) is 37.0 Å². The van der Waals surface area contributed by atoms with E-state index in [0.717, 1.165) is 12.1 Å². The minimum Gasteiger partial charge on any atom is -0.368 e. The van der Waals surface area contributed by atoms with Crippen molar-refractivity contribution in [2.75, 3.05) is 11.1 Å². The smallest absolute Gasteiger partial charge is 0.311 e. The van der Waals surface area contributed by atoms with Gasteiger partial charge in [-0.3, -0.25) is 0 Å². The molecule has 0 bridgehead atoms. The molecule has 0 saturated heterocycles. The van der Waals surface area contributed by atoms with Gasteiger partial charge in [0.25, 0.3) is 0 Å². The Morgan fingerprint density at radius 3 is 2.38 bits per heavy atom. The highest BCUT2D eigenvalue weighted by molar-refractivity contribution is 8.45. The highest BCUT2D eigenvalue weighted by Gasteiger charge is 2.66. The summed E-state index contributed by atoms with van der Waals surface area (Å²) in [5.41, 5.74) is 3.68. The quantitative estimate of drug-likeness (QED) is 0.747. The number of nitrogens with one attached hydrogen (secondary N) is 2. The number of nitrogens with two attached hydrogens (primary N) is 1. The normalized spacial score (nSPS) is 14.9. The third kappa shape index (κ3) is 3.31. The third-order valence-electron chi connectivity index (χ3n) is 2.28. The second-order valence-electron chi connectivity index (χ2n) is 3.96. The molecule has 0 radical (unpaired) electrons. The van der Waals surface area contributed by atoms with Crippen molar-refractivity contribution in [2.45, 2.75) is 4.90 Å². The van der Waals surface area contributed by atoms with E-state index in [-0.39, 0.29) is 23.7 Å². The lowest BCUT2D eigenvalue weighted by Crippen LogP contribution is -2.09. The molecule has 0 spiro atoms. The number of benzene rings is 1. The zero-order valence-corrected chi connectivity index (χ0v) is 10.8. The Morgan fingerprint density at radius 1 is 1.24 bits per heavy atom. The van der Waals surface area contributed by atoms with Crippen molar-refractivity contribution in [2.24, 2.45) is 0 Å². The van der Waals surface area contributed by atoms with Gasteiger partial charge >= 0.3 is 10.2 Å². The maximum atomic E-state index is 12.9. The van der Waals surface area contributed by atoms with Crippen molar-refractivity contribution >= 4 is 27.8 Å². The van der Waals surface area contributed by atoms with Crippen molar-refractivity contribution in [3.05, 3.63) is 23.8 Å². The van der Waals surface area contributed by atoms with E-state index >= 15 is 0 Å². The van der Waals surface area contributed by atoms with Gasteiger partial charge in [0.05, 0.1) is 5.56 Å². The molecule has 0 saturated carbocycles. The molecule has 2 rings (SSSR count). The maximum absolute atomic E-state index is 12.9. The lowest BCUT2D eigenvalue weighted by Gasteiger charge is -2.41. The van der Waals surface area contributed by atoms with Crippen LogP contribution in [-0.4, -0.2) is 15.2 Å². The first-order chi connectivity index (χ1) is 9.39. The van der Waals surface area contributed by atoms with E-state index in [0.29, 0.717) is 6.07 Å². The molecule has 4 N–H and O–H groups in total. The number of hydrogen-bond donors (Lipinski definition) is 3. The zero-order valence-electron chi connectivity index (χ0n) is 9.95. The van der Waals surface area contributed by atoms with Gasteiger partial charge in [-0.1, -0.05) is 19.4 Å². The third-order valence-corrected chi connectivity index (χ3v) is 3.45. The number of aromatic amines is 1. The summed E-state index contributed by atoms with van der Waals surface area (Å²) in [7, 11) is -9.99. The van der Waals surface area contributed by atoms with Crippen LogP contribution < -0.4 is 11.1 Å². The Labute approximate surface area is 114 Å². The Hall–Kier alpha value is -2.55. The van der Waals surface area contributed by atoms with Crippen molar-refractivity contribution < 1.29 is 19.4 Å². The summed E-state index contributed by atoms with van der Waals surface area (Å²) in [5.74, 6) is -0.315. The van der Waals surface area contributed by atoms with Crippen LogP contribution in [-0.2, 0) is 0 Å². The van der Waals surface area contributed by atoms with Crippen molar-refractivity contribution in [1.82, 2.24) is 15.2 Å². The first-order valence-electron chi connectivity index (χ1n) is 5.12. The van der Waals surface area contributed by atoms with Gasteiger partial charge in [-0.05, 0) is 18.2 Å². The van der Waals surface area contributed by atoms with E-state index in [9.17, 15) is 19.4 Å². The van der Waals surface area contributed by atoms with E-state index in [1.54, 1.807) is 0 Å². The number of nitrogens with zero attached hydrogens (tertiary/aromatic N) is 3.